The van der Waals surface area contributed by atoms with E-state index in [0.717, 1.165) is 5.92 Å². The van der Waals surface area contributed by atoms with Crippen LogP contribution in [-0.2, 0) is 0 Å². The Kier molecular flexibility index (Phi) is 5.51. The average Bonchev–Trinajstić information content (AvgIpc) is 3.25. The Morgan fingerprint density at radius 1 is 0.577 bits per heavy atom. The van der Waals surface area contributed by atoms with Gasteiger partial charge in [0.25, 0.3) is 0 Å². The number of rotatable bonds is 6. The van der Waals surface area contributed by atoms with Gasteiger partial charge in [-0.05, 0) is 48.7 Å². The average molecular weight is 359 g/mol. The number of benzene rings is 3. The maximum Gasteiger partial charge on any atom is 0.112 e. The van der Waals surface area contributed by atoms with Crippen LogP contribution in [0, 0.1) is 5.92 Å². The van der Waals surface area contributed by atoms with Crippen molar-refractivity contribution in [1.29, 1.82) is 0 Å². The summed E-state index contributed by atoms with van der Waals surface area (Å²) in [6.45, 7) is 0. The predicted octanol–water partition coefficient (Wildman–Crippen LogP) is 5.56. The van der Waals surface area contributed by atoms with Crippen LogP contribution in [0.25, 0.3) is 0 Å². The highest BCUT2D eigenvalue weighted by Crippen LogP contribution is 2.56. The molecule has 1 fully saturated rings. The molecule has 0 N–H and O–H groups in total. The summed E-state index contributed by atoms with van der Waals surface area (Å²) < 4.78 is 0. The molecule has 0 heterocycles. The van der Waals surface area contributed by atoms with Crippen molar-refractivity contribution in [1.82, 2.24) is 0 Å². The van der Waals surface area contributed by atoms with Crippen molar-refractivity contribution in [3.8, 4) is 0 Å². The third-order valence-electron chi connectivity index (χ3n) is 5.94. The van der Waals surface area contributed by atoms with Gasteiger partial charge >= 0.3 is 0 Å². The quantitative estimate of drug-likeness (QED) is 0.505. The van der Waals surface area contributed by atoms with E-state index >= 15 is 0 Å². The maximum atomic E-state index is 2.36. The molecular formula is C25H28P+. The molecule has 0 aliphatic heterocycles. The molecule has 26 heavy (non-hydrogen) atoms. The Balaban J connectivity index is 1.84. The highest BCUT2D eigenvalue weighted by Gasteiger charge is 2.45. The molecule has 1 aliphatic carbocycles. The van der Waals surface area contributed by atoms with Crippen LogP contribution in [0.2, 0.25) is 0 Å². The summed E-state index contributed by atoms with van der Waals surface area (Å²) in [6.07, 6.45) is 8.36. The molecule has 3 aromatic carbocycles. The van der Waals surface area contributed by atoms with Crippen molar-refractivity contribution in [2.45, 2.75) is 32.1 Å². The van der Waals surface area contributed by atoms with E-state index in [1.165, 1.54) is 54.2 Å². The third-order valence-corrected chi connectivity index (χ3v) is 10.4. The van der Waals surface area contributed by atoms with Crippen molar-refractivity contribution in [2.75, 3.05) is 6.16 Å². The summed E-state index contributed by atoms with van der Waals surface area (Å²) in [5.41, 5.74) is 0. The van der Waals surface area contributed by atoms with Crippen LogP contribution >= 0.6 is 7.26 Å². The molecule has 0 nitrogen and oxygen atoms in total. The van der Waals surface area contributed by atoms with Crippen molar-refractivity contribution in [3.05, 3.63) is 91.0 Å². The lowest BCUT2D eigenvalue weighted by Gasteiger charge is -2.28. The fourth-order valence-electron chi connectivity index (χ4n) is 4.56. The zero-order valence-electron chi connectivity index (χ0n) is 15.4. The largest absolute Gasteiger partial charge is 0.112 e. The smallest absolute Gasteiger partial charge is 0.0620 e. The fraction of sp³-hybridized carbons (Fsp3) is 0.280. The molecule has 0 atom stereocenters. The van der Waals surface area contributed by atoms with Crippen LogP contribution in [-0.4, -0.2) is 6.16 Å². The van der Waals surface area contributed by atoms with Crippen LogP contribution in [0.15, 0.2) is 91.0 Å². The zero-order chi connectivity index (χ0) is 17.7. The topological polar surface area (TPSA) is 0 Å². The molecule has 132 valence electrons. The summed E-state index contributed by atoms with van der Waals surface area (Å²) in [4.78, 5) is 0. The molecule has 0 radical (unpaired) electrons. The Morgan fingerprint density at radius 2 is 0.962 bits per heavy atom. The minimum absolute atomic E-state index is 0.922. The highest BCUT2D eigenvalue weighted by atomic mass is 31.2. The molecule has 0 unspecified atom stereocenters. The van der Waals surface area contributed by atoms with E-state index in [2.05, 4.69) is 91.0 Å². The lowest BCUT2D eigenvalue weighted by molar-refractivity contribution is 0.534. The summed E-state index contributed by atoms with van der Waals surface area (Å²) in [5, 5.41) is 4.57. The first kappa shape index (κ1) is 17.5. The molecule has 0 amide bonds. The Morgan fingerprint density at radius 3 is 1.35 bits per heavy atom. The second-order valence-electron chi connectivity index (χ2n) is 7.48. The minimum atomic E-state index is -1.61. The van der Waals surface area contributed by atoms with Gasteiger partial charge in [0.1, 0.15) is 23.2 Å². The lowest BCUT2D eigenvalue weighted by atomic mass is 10.1. The summed E-state index contributed by atoms with van der Waals surface area (Å²) in [5.74, 6) is 0.922. The van der Waals surface area contributed by atoms with Crippen molar-refractivity contribution < 1.29 is 0 Å². The SMILES string of the molecule is c1ccc([P+](CCC2CCCC2)(c2ccccc2)c2ccccc2)cc1. The van der Waals surface area contributed by atoms with Gasteiger partial charge in [0.15, 0.2) is 0 Å². The molecule has 1 aliphatic rings. The normalized spacial score (nSPS) is 15.2. The van der Waals surface area contributed by atoms with Gasteiger partial charge in [-0.3, -0.25) is 0 Å². The second kappa shape index (κ2) is 8.19. The van der Waals surface area contributed by atoms with E-state index in [1.807, 2.05) is 0 Å². The van der Waals surface area contributed by atoms with Gasteiger partial charge < -0.3 is 0 Å². The Labute approximate surface area is 158 Å². The Hall–Kier alpha value is -1.91. The molecule has 0 saturated heterocycles. The van der Waals surface area contributed by atoms with Crippen LogP contribution in [0.1, 0.15) is 32.1 Å². The predicted molar refractivity (Wildman–Crippen MR) is 117 cm³/mol. The zero-order valence-corrected chi connectivity index (χ0v) is 16.3. The molecule has 3 aromatic rings. The standard InChI is InChI=1S/C25H28P/c1-4-14-23(15-5-1)26(24-16-6-2-7-17-24,25-18-8-3-9-19-25)21-20-22-12-10-11-13-22/h1-9,14-19,22H,10-13,20-21H2/q+1. The third kappa shape index (κ3) is 3.49. The van der Waals surface area contributed by atoms with E-state index in [4.69, 9.17) is 0 Å². The van der Waals surface area contributed by atoms with Crippen LogP contribution in [0.3, 0.4) is 0 Å². The lowest BCUT2D eigenvalue weighted by Crippen LogP contribution is -2.33. The minimum Gasteiger partial charge on any atom is -0.0620 e. The molecule has 0 spiro atoms. The van der Waals surface area contributed by atoms with Gasteiger partial charge in [-0.15, -0.1) is 0 Å². The second-order valence-corrected chi connectivity index (χ2v) is 11.1. The molecule has 0 bridgehead atoms. The van der Waals surface area contributed by atoms with Crippen LogP contribution in [0.4, 0.5) is 0 Å². The number of hydrogen-bond acceptors (Lipinski definition) is 0. The van der Waals surface area contributed by atoms with Crippen molar-refractivity contribution in [2.24, 2.45) is 5.92 Å². The van der Waals surface area contributed by atoms with E-state index in [0.29, 0.717) is 0 Å². The van der Waals surface area contributed by atoms with Crippen molar-refractivity contribution >= 4 is 23.2 Å². The molecule has 1 heteroatoms. The molecular weight excluding hydrogens is 331 g/mol. The summed E-state index contributed by atoms with van der Waals surface area (Å²) >= 11 is 0. The van der Waals surface area contributed by atoms with E-state index in [-0.39, 0.29) is 0 Å². The van der Waals surface area contributed by atoms with Gasteiger partial charge in [-0.1, -0.05) is 80.3 Å². The first-order valence-electron chi connectivity index (χ1n) is 9.94. The van der Waals surface area contributed by atoms with E-state index in [1.54, 1.807) is 0 Å². The number of hydrogen-bond donors (Lipinski definition) is 0. The van der Waals surface area contributed by atoms with Gasteiger partial charge in [0, 0.05) is 0 Å². The summed E-state index contributed by atoms with van der Waals surface area (Å²) in [7, 11) is -1.61. The van der Waals surface area contributed by atoms with E-state index in [9.17, 15) is 0 Å². The van der Waals surface area contributed by atoms with Crippen LogP contribution < -0.4 is 15.9 Å². The van der Waals surface area contributed by atoms with Gasteiger partial charge in [0.2, 0.25) is 0 Å². The molecule has 1 saturated carbocycles. The van der Waals surface area contributed by atoms with Crippen LogP contribution in [0.5, 0.6) is 0 Å². The van der Waals surface area contributed by atoms with Gasteiger partial charge in [0.05, 0.1) is 6.16 Å². The summed E-state index contributed by atoms with van der Waals surface area (Å²) in [6, 6.07) is 33.9. The Bertz CT molecular complexity index is 693. The maximum absolute atomic E-state index is 2.36. The first-order valence-corrected chi connectivity index (χ1v) is 11.9. The molecule has 0 aromatic heterocycles. The highest BCUT2D eigenvalue weighted by molar-refractivity contribution is 7.95. The monoisotopic (exact) mass is 359 g/mol. The fourth-order valence-corrected chi connectivity index (χ4v) is 9.02. The van der Waals surface area contributed by atoms with Gasteiger partial charge in [-0.25, -0.2) is 0 Å². The first-order chi connectivity index (χ1) is 12.9. The van der Waals surface area contributed by atoms with Crippen molar-refractivity contribution in [3.63, 3.8) is 0 Å². The molecule has 4 rings (SSSR count). The van der Waals surface area contributed by atoms with Gasteiger partial charge in [-0.2, -0.15) is 0 Å². The van der Waals surface area contributed by atoms with E-state index < -0.39 is 7.26 Å².